The van der Waals surface area contributed by atoms with Gasteiger partial charge in [-0.2, -0.15) is 0 Å². The number of rotatable bonds is 4. The predicted octanol–water partition coefficient (Wildman–Crippen LogP) is 4.37. The normalized spacial score (nSPS) is 10.2. The van der Waals surface area contributed by atoms with Gasteiger partial charge in [-0.3, -0.25) is 0 Å². The summed E-state index contributed by atoms with van der Waals surface area (Å²) in [5.41, 5.74) is 10.7. The minimum absolute atomic E-state index is 0. The number of hydrogen-bond donors (Lipinski definition) is 1. The van der Waals surface area contributed by atoms with Gasteiger partial charge in [0, 0.05) is 6.54 Å². The van der Waals surface area contributed by atoms with Crippen LogP contribution in [0, 0.1) is 0 Å². The highest BCUT2D eigenvalue weighted by Crippen LogP contribution is 2.30. The van der Waals surface area contributed by atoms with Crippen LogP contribution in [0.4, 0.5) is 0 Å². The number of ether oxygens (including phenoxy) is 1. The molecule has 2 N–H and O–H groups in total. The van der Waals surface area contributed by atoms with Gasteiger partial charge in [0.1, 0.15) is 5.75 Å². The summed E-state index contributed by atoms with van der Waals surface area (Å²) in [6, 6.07) is 14.7. The second kappa shape index (κ2) is 7.32. The number of nitrogens with two attached hydrogens (primary N) is 1. The zero-order valence-electron chi connectivity index (χ0n) is 12.2. The molecule has 0 saturated heterocycles. The maximum atomic E-state index is 5.84. The fraction of sp³-hybridized carbons (Fsp3) is 0.294. The molecular weight excluding hydrogens is 270 g/mol. The Labute approximate surface area is 127 Å². The Hall–Kier alpha value is -1.51. The summed E-state index contributed by atoms with van der Waals surface area (Å²) in [5.74, 6) is 1.38. The highest BCUT2D eigenvalue weighted by molar-refractivity contribution is 5.85. The lowest BCUT2D eigenvalue weighted by Crippen LogP contribution is -2.00. The van der Waals surface area contributed by atoms with E-state index in [1.807, 2.05) is 12.1 Å². The SMILES string of the molecule is COc1ccc(CN)c(-c2cccc(C(C)C)c2)c1.Cl. The highest BCUT2D eigenvalue weighted by Gasteiger charge is 2.08. The molecule has 0 aliphatic heterocycles. The molecule has 0 aromatic heterocycles. The van der Waals surface area contributed by atoms with E-state index in [2.05, 4.69) is 44.2 Å². The summed E-state index contributed by atoms with van der Waals surface area (Å²) >= 11 is 0. The molecular formula is C17H22ClNO. The fourth-order valence-corrected chi connectivity index (χ4v) is 2.19. The number of hydrogen-bond acceptors (Lipinski definition) is 2. The molecule has 2 aromatic rings. The maximum Gasteiger partial charge on any atom is 0.119 e. The first kappa shape index (κ1) is 16.5. The molecule has 0 aliphatic rings. The van der Waals surface area contributed by atoms with Gasteiger partial charge in [0.2, 0.25) is 0 Å². The number of benzene rings is 2. The molecule has 2 rings (SSSR count). The molecule has 0 saturated carbocycles. The van der Waals surface area contributed by atoms with Gasteiger partial charge in [0.05, 0.1) is 7.11 Å². The quantitative estimate of drug-likeness (QED) is 0.908. The second-order valence-electron chi connectivity index (χ2n) is 5.01. The van der Waals surface area contributed by atoms with Crippen molar-refractivity contribution in [1.29, 1.82) is 0 Å². The van der Waals surface area contributed by atoms with Crippen molar-refractivity contribution in [2.24, 2.45) is 5.73 Å². The van der Waals surface area contributed by atoms with Gasteiger partial charge in [-0.15, -0.1) is 12.4 Å². The Balaban J connectivity index is 0.00000200. The average molecular weight is 292 g/mol. The summed E-state index contributed by atoms with van der Waals surface area (Å²) in [5, 5.41) is 0. The van der Waals surface area contributed by atoms with Crippen molar-refractivity contribution in [2.45, 2.75) is 26.3 Å². The molecule has 0 radical (unpaired) electrons. The lowest BCUT2D eigenvalue weighted by Gasteiger charge is -2.13. The van der Waals surface area contributed by atoms with Crippen LogP contribution >= 0.6 is 12.4 Å². The number of halogens is 1. The van der Waals surface area contributed by atoms with E-state index in [4.69, 9.17) is 10.5 Å². The van der Waals surface area contributed by atoms with Crippen molar-refractivity contribution in [3.05, 3.63) is 53.6 Å². The van der Waals surface area contributed by atoms with E-state index in [-0.39, 0.29) is 12.4 Å². The van der Waals surface area contributed by atoms with E-state index in [9.17, 15) is 0 Å². The van der Waals surface area contributed by atoms with Gasteiger partial charge in [0.25, 0.3) is 0 Å². The van der Waals surface area contributed by atoms with Crippen LogP contribution in [-0.4, -0.2) is 7.11 Å². The van der Waals surface area contributed by atoms with Crippen LogP contribution in [0.25, 0.3) is 11.1 Å². The molecule has 108 valence electrons. The topological polar surface area (TPSA) is 35.2 Å². The third-order valence-corrected chi connectivity index (χ3v) is 3.40. The largest absolute Gasteiger partial charge is 0.497 e. The first-order valence-corrected chi connectivity index (χ1v) is 6.63. The molecule has 0 aliphatic carbocycles. The van der Waals surface area contributed by atoms with Crippen LogP contribution in [0.3, 0.4) is 0 Å². The van der Waals surface area contributed by atoms with Crippen LogP contribution in [-0.2, 0) is 6.54 Å². The zero-order valence-corrected chi connectivity index (χ0v) is 13.0. The summed E-state index contributed by atoms with van der Waals surface area (Å²) in [7, 11) is 1.69. The smallest absolute Gasteiger partial charge is 0.119 e. The third-order valence-electron chi connectivity index (χ3n) is 3.40. The molecule has 3 heteroatoms. The van der Waals surface area contributed by atoms with Crippen molar-refractivity contribution in [3.8, 4) is 16.9 Å². The van der Waals surface area contributed by atoms with E-state index >= 15 is 0 Å². The fourth-order valence-electron chi connectivity index (χ4n) is 2.19. The standard InChI is InChI=1S/C17H21NO.ClH/c1-12(2)13-5-4-6-14(9-13)17-10-16(19-3)8-7-15(17)11-18;/h4-10,12H,11,18H2,1-3H3;1H. The molecule has 2 aromatic carbocycles. The molecule has 20 heavy (non-hydrogen) atoms. The Bertz CT molecular complexity index is 567. The third kappa shape index (κ3) is 3.53. The van der Waals surface area contributed by atoms with Gasteiger partial charge in [-0.25, -0.2) is 0 Å². The van der Waals surface area contributed by atoms with Gasteiger partial charge < -0.3 is 10.5 Å². The van der Waals surface area contributed by atoms with E-state index < -0.39 is 0 Å². The van der Waals surface area contributed by atoms with Gasteiger partial charge in [0.15, 0.2) is 0 Å². The zero-order chi connectivity index (χ0) is 13.8. The molecule has 0 heterocycles. The molecule has 0 amide bonds. The lowest BCUT2D eigenvalue weighted by atomic mass is 9.94. The lowest BCUT2D eigenvalue weighted by molar-refractivity contribution is 0.415. The van der Waals surface area contributed by atoms with Crippen molar-refractivity contribution >= 4 is 12.4 Å². The van der Waals surface area contributed by atoms with Gasteiger partial charge in [-0.05, 0) is 40.3 Å². The average Bonchev–Trinajstić information content (AvgIpc) is 2.46. The second-order valence-corrected chi connectivity index (χ2v) is 5.01. The summed E-state index contributed by atoms with van der Waals surface area (Å²) in [6.07, 6.45) is 0. The molecule has 0 atom stereocenters. The summed E-state index contributed by atoms with van der Waals surface area (Å²) in [4.78, 5) is 0. The van der Waals surface area contributed by atoms with E-state index in [1.54, 1.807) is 7.11 Å². The van der Waals surface area contributed by atoms with Crippen LogP contribution < -0.4 is 10.5 Å². The van der Waals surface area contributed by atoms with Crippen molar-refractivity contribution in [1.82, 2.24) is 0 Å². The Morgan fingerprint density at radius 3 is 2.45 bits per heavy atom. The van der Waals surface area contributed by atoms with E-state index in [1.165, 1.54) is 11.1 Å². The van der Waals surface area contributed by atoms with E-state index in [0.717, 1.165) is 16.9 Å². The minimum atomic E-state index is 0. The van der Waals surface area contributed by atoms with Crippen LogP contribution in [0.2, 0.25) is 0 Å². The molecule has 0 bridgehead atoms. The van der Waals surface area contributed by atoms with Crippen LogP contribution in [0.15, 0.2) is 42.5 Å². The molecule has 0 unspecified atom stereocenters. The van der Waals surface area contributed by atoms with Gasteiger partial charge >= 0.3 is 0 Å². The predicted molar refractivity (Wildman–Crippen MR) is 87.7 cm³/mol. The first-order valence-electron chi connectivity index (χ1n) is 6.63. The first-order chi connectivity index (χ1) is 9.15. The Morgan fingerprint density at radius 1 is 1.10 bits per heavy atom. The van der Waals surface area contributed by atoms with Crippen molar-refractivity contribution < 1.29 is 4.74 Å². The maximum absolute atomic E-state index is 5.84. The van der Waals surface area contributed by atoms with Crippen molar-refractivity contribution in [3.63, 3.8) is 0 Å². The molecule has 0 fully saturated rings. The monoisotopic (exact) mass is 291 g/mol. The summed E-state index contributed by atoms with van der Waals surface area (Å²) in [6.45, 7) is 4.94. The molecule has 2 nitrogen and oxygen atoms in total. The Kier molecular flexibility index (Phi) is 6.05. The highest BCUT2D eigenvalue weighted by atomic mass is 35.5. The van der Waals surface area contributed by atoms with Crippen LogP contribution in [0.1, 0.15) is 30.9 Å². The van der Waals surface area contributed by atoms with Crippen molar-refractivity contribution in [2.75, 3.05) is 7.11 Å². The Morgan fingerprint density at radius 2 is 1.85 bits per heavy atom. The van der Waals surface area contributed by atoms with Crippen LogP contribution in [0.5, 0.6) is 5.75 Å². The number of methoxy groups -OCH3 is 1. The van der Waals surface area contributed by atoms with E-state index in [0.29, 0.717) is 12.5 Å². The minimum Gasteiger partial charge on any atom is -0.497 e. The summed E-state index contributed by atoms with van der Waals surface area (Å²) < 4.78 is 5.31. The van der Waals surface area contributed by atoms with Gasteiger partial charge in [-0.1, -0.05) is 44.2 Å². The molecule has 0 spiro atoms.